The summed E-state index contributed by atoms with van der Waals surface area (Å²) in [5.41, 5.74) is 0.771. The molecule has 1 saturated carbocycles. The summed E-state index contributed by atoms with van der Waals surface area (Å²) in [6.07, 6.45) is 1.74. The summed E-state index contributed by atoms with van der Waals surface area (Å²) >= 11 is 5.83. The molecule has 1 aromatic heterocycles. The number of benzene rings is 1. The number of aromatic carboxylic acids is 2. The summed E-state index contributed by atoms with van der Waals surface area (Å²) in [7, 11) is 0. The number of carbonyl (C=O) groups is 2. The minimum Gasteiger partial charge on any atom is -0.478 e. The minimum absolute atomic E-state index is 0.0664. The molecule has 0 spiro atoms. The van der Waals surface area contributed by atoms with Crippen molar-refractivity contribution in [3.8, 4) is 5.69 Å². The highest BCUT2D eigenvalue weighted by Crippen LogP contribution is 2.42. The van der Waals surface area contributed by atoms with Crippen molar-refractivity contribution < 1.29 is 19.8 Å². The first-order chi connectivity index (χ1) is 9.99. The maximum absolute atomic E-state index is 11.2. The third kappa shape index (κ3) is 2.36. The van der Waals surface area contributed by atoms with E-state index < -0.39 is 11.9 Å². The van der Waals surface area contributed by atoms with Gasteiger partial charge in [-0.15, -0.1) is 5.10 Å². The van der Waals surface area contributed by atoms with E-state index in [1.807, 2.05) is 0 Å². The molecule has 7 nitrogen and oxygen atoms in total. The van der Waals surface area contributed by atoms with Gasteiger partial charge in [-0.1, -0.05) is 16.8 Å². The zero-order valence-electron chi connectivity index (χ0n) is 10.7. The molecule has 0 bridgehead atoms. The van der Waals surface area contributed by atoms with Crippen molar-refractivity contribution in [3.05, 3.63) is 40.2 Å². The Bertz CT molecular complexity index is 752. The van der Waals surface area contributed by atoms with Crippen LogP contribution in [0.2, 0.25) is 5.02 Å². The van der Waals surface area contributed by atoms with E-state index >= 15 is 0 Å². The molecule has 1 heterocycles. The van der Waals surface area contributed by atoms with Gasteiger partial charge in [0, 0.05) is 5.92 Å². The van der Waals surface area contributed by atoms with Gasteiger partial charge < -0.3 is 10.2 Å². The van der Waals surface area contributed by atoms with Gasteiger partial charge in [0.05, 0.1) is 22.0 Å². The normalized spacial score (nSPS) is 14.1. The summed E-state index contributed by atoms with van der Waals surface area (Å²) in [5, 5.41) is 25.9. The Morgan fingerprint density at radius 3 is 2.52 bits per heavy atom. The van der Waals surface area contributed by atoms with Crippen LogP contribution in [0.25, 0.3) is 5.69 Å². The molecule has 21 heavy (non-hydrogen) atoms. The number of carboxylic acids is 2. The Labute approximate surface area is 123 Å². The van der Waals surface area contributed by atoms with E-state index in [-0.39, 0.29) is 22.2 Å². The SMILES string of the molecule is O=C(O)c1cc(-n2nnc(C(=O)O)c2C2CC2)ccc1Cl. The Morgan fingerprint density at radius 2 is 1.95 bits per heavy atom. The molecule has 8 heteroatoms. The number of rotatable bonds is 4. The molecule has 2 N–H and O–H groups in total. The van der Waals surface area contributed by atoms with Crippen molar-refractivity contribution in [1.82, 2.24) is 15.0 Å². The van der Waals surface area contributed by atoms with Crippen LogP contribution >= 0.6 is 11.6 Å². The number of halogens is 1. The van der Waals surface area contributed by atoms with Crippen molar-refractivity contribution >= 4 is 23.5 Å². The number of hydrogen-bond donors (Lipinski definition) is 2. The fraction of sp³-hybridized carbons (Fsp3) is 0.231. The lowest BCUT2D eigenvalue weighted by atomic mass is 10.1. The molecule has 1 fully saturated rings. The molecule has 0 saturated heterocycles. The predicted octanol–water partition coefficient (Wildman–Crippen LogP) is 2.19. The van der Waals surface area contributed by atoms with E-state index in [9.17, 15) is 9.59 Å². The van der Waals surface area contributed by atoms with Crippen LogP contribution in [0.5, 0.6) is 0 Å². The number of nitrogens with zero attached hydrogens (tertiary/aromatic N) is 3. The van der Waals surface area contributed by atoms with Crippen LogP contribution in [0, 0.1) is 0 Å². The maximum atomic E-state index is 11.2. The first-order valence-corrected chi connectivity index (χ1v) is 6.59. The molecule has 108 valence electrons. The van der Waals surface area contributed by atoms with Crippen molar-refractivity contribution in [3.63, 3.8) is 0 Å². The maximum Gasteiger partial charge on any atom is 0.358 e. The van der Waals surface area contributed by atoms with Crippen LogP contribution < -0.4 is 0 Å². The second-order valence-electron chi connectivity index (χ2n) is 4.78. The van der Waals surface area contributed by atoms with Crippen molar-refractivity contribution in [2.45, 2.75) is 18.8 Å². The van der Waals surface area contributed by atoms with Crippen molar-refractivity contribution in [2.24, 2.45) is 0 Å². The zero-order chi connectivity index (χ0) is 15.1. The highest BCUT2D eigenvalue weighted by molar-refractivity contribution is 6.33. The fourth-order valence-electron chi connectivity index (χ4n) is 2.16. The molecule has 1 aromatic carbocycles. The number of hydrogen-bond acceptors (Lipinski definition) is 4. The van der Waals surface area contributed by atoms with E-state index in [1.54, 1.807) is 6.07 Å². The summed E-state index contributed by atoms with van der Waals surface area (Å²) in [6.45, 7) is 0. The third-order valence-electron chi connectivity index (χ3n) is 3.30. The molecule has 0 atom stereocenters. The van der Waals surface area contributed by atoms with Gasteiger partial charge in [0.2, 0.25) is 0 Å². The second kappa shape index (κ2) is 4.85. The summed E-state index contributed by atoms with van der Waals surface area (Å²) in [6, 6.07) is 4.39. The number of aromatic nitrogens is 3. The van der Waals surface area contributed by atoms with Gasteiger partial charge >= 0.3 is 11.9 Å². The Kier molecular flexibility index (Phi) is 3.13. The van der Waals surface area contributed by atoms with Crippen LogP contribution in [0.1, 0.15) is 45.3 Å². The summed E-state index contributed by atoms with van der Waals surface area (Å²) in [5.74, 6) is -2.21. The van der Waals surface area contributed by atoms with E-state index in [0.717, 1.165) is 12.8 Å². The third-order valence-corrected chi connectivity index (χ3v) is 3.63. The van der Waals surface area contributed by atoms with Crippen LogP contribution in [-0.4, -0.2) is 37.1 Å². The van der Waals surface area contributed by atoms with E-state index in [2.05, 4.69) is 10.3 Å². The molecule has 1 aliphatic carbocycles. The molecule has 0 radical (unpaired) electrons. The molecular weight excluding hydrogens is 298 g/mol. The van der Waals surface area contributed by atoms with Gasteiger partial charge in [-0.05, 0) is 31.0 Å². The standard InChI is InChI=1S/C13H10ClN3O4/c14-9-4-3-7(5-8(9)12(18)19)17-11(6-1-2-6)10(13(20)21)15-16-17/h3-6H,1-2H2,(H,18,19)(H,20,21). The topological polar surface area (TPSA) is 105 Å². The fourth-order valence-corrected chi connectivity index (χ4v) is 2.36. The van der Waals surface area contributed by atoms with E-state index in [1.165, 1.54) is 16.8 Å². The molecule has 2 aromatic rings. The quantitative estimate of drug-likeness (QED) is 0.897. The first-order valence-electron chi connectivity index (χ1n) is 6.21. The van der Waals surface area contributed by atoms with Crippen LogP contribution in [0.3, 0.4) is 0 Å². The van der Waals surface area contributed by atoms with Gasteiger partial charge in [-0.25, -0.2) is 14.3 Å². The molecule has 0 unspecified atom stereocenters. The zero-order valence-corrected chi connectivity index (χ0v) is 11.4. The molecular formula is C13H10ClN3O4. The summed E-state index contributed by atoms with van der Waals surface area (Å²) < 4.78 is 1.38. The molecule has 0 aliphatic heterocycles. The highest BCUT2D eigenvalue weighted by atomic mass is 35.5. The molecule has 0 amide bonds. The average Bonchev–Trinajstić information content (AvgIpc) is 3.17. The van der Waals surface area contributed by atoms with Crippen molar-refractivity contribution in [1.29, 1.82) is 0 Å². The monoisotopic (exact) mass is 307 g/mol. The number of carboxylic acid groups (broad SMARTS) is 2. The lowest BCUT2D eigenvalue weighted by Gasteiger charge is -2.07. The lowest BCUT2D eigenvalue weighted by molar-refractivity contribution is 0.0681. The van der Waals surface area contributed by atoms with E-state index in [0.29, 0.717) is 11.4 Å². The Hall–Kier alpha value is -2.41. The highest BCUT2D eigenvalue weighted by Gasteiger charge is 2.34. The predicted molar refractivity (Wildman–Crippen MR) is 72.3 cm³/mol. The minimum atomic E-state index is -1.16. The van der Waals surface area contributed by atoms with Crippen LogP contribution in [0.15, 0.2) is 18.2 Å². The van der Waals surface area contributed by atoms with Gasteiger partial charge in [0.25, 0.3) is 0 Å². The van der Waals surface area contributed by atoms with Crippen LogP contribution in [-0.2, 0) is 0 Å². The second-order valence-corrected chi connectivity index (χ2v) is 5.19. The van der Waals surface area contributed by atoms with Crippen LogP contribution in [0.4, 0.5) is 0 Å². The van der Waals surface area contributed by atoms with Gasteiger partial charge in [-0.3, -0.25) is 0 Å². The summed E-state index contributed by atoms with van der Waals surface area (Å²) in [4.78, 5) is 22.3. The largest absolute Gasteiger partial charge is 0.478 e. The molecule has 1 aliphatic rings. The molecule has 3 rings (SSSR count). The smallest absolute Gasteiger partial charge is 0.358 e. The Morgan fingerprint density at radius 1 is 1.24 bits per heavy atom. The average molecular weight is 308 g/mol. The van der Waals surface area contributed by atoms with Gasteiger partial charge in [-0.2, -0.15) is 0 Å². The Balaban J connectivity index is 2.15. The van der Waals surface area contributed by atoms with E-state index in [4.69, 9.17) is 21.8 Å². The van der Waals surface area contributed by atoms with Crippen molar-refractivity contribution in [2.75, 3.05) is 0 Å². The first kappa shape index (κ1) is 13.6. The van der Waals surface area contributed by atoms with Gasteiger partial charge in [0.1, 0.15) is 0 Å². The lowest BCUT2D eigenvalue weighted by Crippen LogP contribution is -2.07. The van der Waals surface area contributed by atoms with Gasteiger partial charge in [0.15, 0.2) is 5.69 Å².